The molecule has 1 amide bonds. The maximum absolute atomic E-state index is 13.8. The van der Waals surface area contributed by atoms with Crippen LogP contribution in [0.3, 0.4) is 0 Å². The summed E-state index contributed by atoms with van der Waals surface area (Å²) in [7, 11) is 0. The molecule has 2 aromatic rings. The van der Waals surface area contributed by atoms with Gasteiger partial charge in [0.1, 0.15) is 12.4 Å². The van der Waals surface area contributed by atoms with Gasteiger partial charge in [-0.3, -0.25) is 0 Å². The van der Waals surface area contributed by atoms with E-state index in [9.17, 15) is 22.4 Å². The minimum atomic E-state index is -4.74. The number of nitrogens with one attached hydrogen (secondary N) is 1. The van der Waals surface area contributed by atoms with E-state index in [1.807, 2.05) is 30.3 Å². The lowest BCUT2D eigenvalue weighted by Gasteiger charge is -2.09. The van der Waals surface area contributed by atoms with Crippen LogP contribution in [0.5, 0.6) is 0 Å². The molecule has 0 aliphatic rings. The van der Waals surface area contributed by atoms with Crippen molar-refractivity contribution in [2.75, 3.05) is 6.54 Å². The van der Waals surface area contributed by atoms with Gasteiger partial charge in [-0.25, -0.2) is 9.18 Å². The highest BCUT2D eigenvalue weighted by molar-refractivity contribution is 5.67. The number of amides is 1. The molecule has 0 radical (unpaired) electrons. The van der Waals surface area contributed by atoms with Crippen molar-refractivity contribution in [3.05, 3.63) is 77.1 Å². The lowest BCUT2D eigenvalue weighted by atomic mass is 10.1. The SMILES string of the molecule is O=C(NCCC=Cc1cccc(C(F)(F)F)c1F)OCc1ccccc1. The first-order valence-electron chi connectivity index (χ1n) is 7.84. The molecule has 0 spiro atoms. The molecule has 2 rings (SSSR count). The number of alkyl carbamates (subject to hydrolysis) is 1. The Morgan fingerprint density at radius 1 is 1.08 bits per heavy atom. The normalized spacial score (nSPS) is 11.5. The van der Waals surface area contributed by atoms with Gasteiger partial charge in [-0.2, -0.15) is 13.2 Å². The zero-order valence-electron chi connectivity index (χ0n) is 13.7. The highest BCUT2D eigenvalue weighted by Gasteiger charge is 2.34. The first kappa shape index (κ1) is 19.5. The summed E-state index contributed by atoms with van der Waals surface area (Å²) in [4.78, 5) is 11.5. The van der Waals surface area contributed by atoms with Crippen LogP contribution >= 0.6 is 0 Å². The summed E-state index contributed by atoms with van der Waals surface area (Å²) in [6, 6.07) is 12.2. The molecular weight excluding hydrogens is 350 g/mol. The second kappa shape index (κ2) is 9.03. The van der Waals surface area contributed by atoms with Gasteiger partial charge >= 0.3 is 12.3 Å². The lowest BCUT2D eigenvalue weighted by Crippen LogP contribution is -2.24. The Morgan fingerprint density at radius 2 is 1.81 bits per heavy atom. The number of rotatable bonds is 6. The summed E-state index contributed by atoms with van der Waals surface area (Å²) in [6.45, 7) is 0.350. The third-order valence-corrected chi connectivity index (χ3v) is 3.42. The van der Waals surface area contributed by atoms with Crippen molar-refractivity contribution in [2.24, 2.45) is 0 Å². The van der Waals surface area contributed by atoms with Crippen molar-refractivity contribution in [1.82, 2.24) is 5.32 Å². The van der Waals surface area contributed by atoms with Crippen LogP contribution in [-0.4, -0.2) is 12.6 Å². The number of hydrogen-bond donors (Lipinski definition) is 1. The van der Waals surface area contributed by atoms with Crippen molar-refractivity contribution in [1.29, 1.82) is 0 Å². The quantitative estimate of drug-likeness (QED) is 0.565. The Morgan fingerprint density at radius 3 is 2.50 bits per heavy atom. The fourth-order valence-corrected chi connectivity index (χ4v) is 2.14. The van der Waals surface area contributed by atoms with Crippen LogP contribution < -0.4 is 5.32 Å². The summed E-state index contributed by atoms with van der Waals surface area (Å²) < 4.78 is 56.7. The van der Waals surface area contributed by atoms with Gasteiger partial charge < -0.3 is 10.1 Å². The number of hydrogen-bond acceptors (Lipinski definition) is 2. The Labute approximate surface area is 148 Å². The first-order chi connectivity index (χ1) is 12.4. The van der Waals surface area contributed by atoms with Gasteiger partial charge in [0.15, 0.2) is 0 Å². The van der Waals surface area contributed by atoms with Gasteiger partial charge in [0.2, 0.25) is 0 Å². The molecule has 1 N–H and O–H groups in total. The van der Waals surface area contributed by atoms with Crippen molar-refractivity contribution in [3.63, 3.8) is 0 Å². The first-order valence-corrected chi connectivity index (χ1v) is 7.84. The van der Waals surface area contributed by atoms with E-state index in [-0.39, 0.29) is 18.7 Å². The fourth-order valence-electron chi connectivity index (χ4n) is 2.14. The van der Waals surface area contributed by atoms with Crippen molar-refractivity contribution in [3.8, 4) is 0 Å². The molecule has 0 saturated carbocycles. The van der Waals surface area contributed by atoms with Crippen molar-refractivity contribution < 1.29 is 27.1 Å². The average molecular weight is 367 g/mol. The maximum atomic E-state index is 13.8. The molecule has 0 saturated heterocycles. The molecule has 0 fully saturated rings. The van der Waals surface area contributed by atoms with E-state index in [1.165, 1.54) is 18.2 Å². The number of halogens is 4. The largest absolute Gasteiger partial charge is 0.445 e. The Kier molecular flexibility index (Phi) is 6.77. The van der Waals surface area contributed by atoms with E-state index in [4.69, 9.17) is 4.74 Å². The predicted octanol–water partition coefficient (Wildman–Crippen LogP) is 5.17. The number of carbonyl (C=O) groups excluding carboxylic acids is 1. The van der Waals surface area contributed by atoms with Crippen molar-refractivity contribution in [2.45, 2.75) is 19.2 Å². The van der Waals surface area contributed by atoms with E-state index >= 15 is 0 Å². The van der Waals surface area contributed by atoms with Crippen LogP contribution in [-0.2, 0) is 17.5 Å². The summed E-state index contributed by atoms with van der Waals surface area (Å²) in [6.07, 6.45) is -2.29. The molecule has 3 nitrogen and oxygen atoms in total. The second-order valence-corrected chi connectivity index (χ2v) is 5.39. The number of carbonyl (C=O) groups is 1. The second-order valence-electron chi connectivity index (χ2n) is 5.39. The smallest absolute Gasteiger partial charge is 0.419 e. The zero-order valence-corrected chi connectivity index (χ0v) is 13.7. The molecule has 138 valence electrons. The molecule has 0 heterocycles. The van der Waals surface area contributed by atoms with Gasteiger partial charge in [0.25, 0.3) is 0 Å². The standard InChI is InChI=1S/C19H17F4NO2/c20-17-15(10-6-11-16(17)19(21,22)23)9-4-5-12-24-18(25)26-13-14-7-2-1-3-8-14/h1-4,6-11H,5,12-13H2,(H,24,25). The van der Waals surface area contributed by atoms with E-state index in [2.05, 4.69) is 5.32 Å². The maximum Gasteiger partial charge on any atom is 0.419 e. The summed E-state index contributed by atoms with van der Waals surface area (Å²) in [5.74, 6) is -1.31. The van der Waals surface area contributed by atoms with Crippen LogP contribution in [0, 0.1) is 5.82 Å². The minimum Gasteiger partial charge on any atom is -0.445 e. The van der Waals surface area contributed by atoms with E-state index in [0.717, 1.165) is 11.6 Å². The van der Waals surface area contributed by atoms with Gasteiger partial charge in [-0.1, -0.05) is 54.6 Å². The third-order valence-electron chi connectivity index (χ3n) is 3.42. The summed E-state index contributed by atoms with van der Waals surface area (Å²) in [5, 5.41) is 2.50. The van der Waals surface area contributed by atoms with Gasteiger partial charge in [-0.05, 0) is 18.1 Å². The van der Waals surface area contributed by atoms with Crippen LogP contribution in [0.2, 0.25) is 0 Å². The molecule has 0 aliphatic heterocycles. The van der Waals surface area contributed by atoms with Crippen LogP contribution in [0.4, 0.5) is 22.4 Å². The molecule has 7 heteroatoms. The summed E-state index contributed by atoms with van der Waals surface area (Å²) >= 11 is 0. The van der Waals surface area contributed by atoms with E-state index in [0.29, 0.717) is 12.5 Å². The highest BCUT2D eigenvalue weighted by atomic mass is 19.4. The minimum absolute atomic E-state index is 0.137. The fraction of sp³-hybridized carbons (Fsp3) is 0.211. The monoisotopic (exact) mass is 367 g/mol. The van der Waals surface area contributed by atoms with Crippen molar-refractivity contribution >= 4 is 12.2 Å². The number of benzene rings is 2. The molecule has 2 aromatic carbocycles. The molecule has 0 unspecified atom stereocenters. The van der Waals surface area contributed by atoms with Gasteiger partial charge in [0, 0.05) is 12.1 Å². The topological polar surface area (TPSA) is 38.3 Å². The number of ether oxygens (including phenoxy) is 1. The van der Waals surface area contributed by atoms with Gasteiger partial charge in [0.05, 0.1) is 5.56 Å². The molecule has 0 aromatic heterocycles. The Hall–Kier alpha value is -2.83. The third kappa shape index (κ3) is 5.91. The summed E-state index contributed by atoms with van der Waals surface area (Å²) in [5.41, 5.74) is -0.615. The Bertz CT molecular complexity index is 758. The van der Waals surface area contributed by atoms with E-state index in [1.54, 1.807) is 0 Å². The van der Waals surface area contributed by atoms with Crippen LogP contribution in [0.25, 0.3) is 6.08 Å². The molecular formula is C19H17F4NO2. The highest BCUT2D eigenvalue weighted by Crippen LogP contribution is 2.32. The van der Waals surface area contributed by atoms with Crippen LogP contribution in [0.15, 0.2) is 54.6 Å². The molecule has 0 aliphatic carbocycles. The van der Waals surface area contributed by atoms with Crippen LogP contribution in [0.1, 0.15) is 23.1 Å². The predicted molar refractivity (Wildman–Crippen MR) is 89.7 cm³/mol. The van der Waals surface area contributed by atoms with Gasteiger partial charge in [-0.15, -0.1) is 0 Å². The number of alkyl halides is 3. The lowest BCUT2D eigenvalue weighted by molar-refractivity contribution is -0.140. The molecule has 0 bridgehead atoms. The average Bonchev–Trinajstić information content (AvgIpc) is 2.61. The molecule has 26 heavy (non-hydrogen) atoms. The van der Waals surface area contributed by atoms with E-state index < -0.39 is 23.7 Å². The Balaban J connectivity index is 1.77. The zero-order chi connectivity index (χ0) is 19.0. The molecule has 0 atom stereocenters.